The van der Waals surface area contributed by atoms with Gasteiger partial charge < -0.3 is 15.2 Å². The van der Waals surface area contributed by atoms with Gasteiger partial charge in [0.05, 0.1) is 10.1 Å². The molecule has 0 aliphatic heterocycles. The Labute approximate surface area is 136 Å². The average Bonchev–Trinajstić information content (AvgIpc) is 2.45. The predicted molar refractivity (Wildman–Crippen MR) is 89.6 cm³/mol. The Morgan fingerprint density at radius 1 is 1.29 bits per heavy atom. The van der Waals surface area contributed by atoms with Gasteiger partial charge in [-0.3, -0.25) is 0 Å². The van der Waals surface area contributed by atoms with E-state index < -0.39 is 5.60 Å². The number of halogens is 1. The molecular formula is C17H26BrNO2. The fourth-order valence-electron chi connectivity index (χ4n) is 2.66. The lowest BCUT2D eigenvalue weighted by molar-refractivity contribution is -0.0340. The molecule has 1 aromatic rings. The van der Waals surface area contributed by atoms with Gasteiger partial charge in [0, 0.05) is 12.6 Å². The maximum atomic E-state index is 10.5. The average molecular weight is 356 g/mol. The van der Waals surface area contributed by atoms with Gasteiger partial charge in [0.2, 0.25) is 0 Å². The van der Waals surface area contributed by atoms with Crippen LogP contribution in [0.15, 0.2) is 22.7 Å². The SMILES string of the molecule is CC(C)NCc1ccc(OCC2(O)CCCCC2)c(Br)c1. The van der Waals surface area contributed by atoms with Crippen LogP contribution in [0.1, 0.15) is 51.5 Å². The third-order valence-corrected chi connectivity index (χ3v) is 4.61. The fraction of sp³-hybridized carbons (Fsp3) is 0.647. The van der Waals surface area contributed by atoms with Crippen LogP contribution in [0.3, 0.4) is 0 Å². The molecule has 118 valence electrons. The van der Waals surface area contributed by atoms with Crippen molar-refractivity contribution in [2.75, 3.05) is 6.61 Å². The number of ether oxygens (including phenoxy) is 1. The van der Waals surface area contributed by atoms with Gasteiger partial charge in [-0.1, -0.05) is 39.2 Å². The van der Waals surface area contributed by atoms with Gasteiger partial charge in [-0.15, -0.1) is 0 Å². The van der Waals surface area contributed by atoms with E-state index in [1.54, 1.807) is 0 Å². The highest BCUT2D eigenvalue weighted by Gasteiger charge is 2.30. The summed E-state index contributed by atoms with van der Waals surface area (Å²) in [5, 5.41) is 13.9. The number of nitrogens with one attached hydrogen (secondary N) is 1. The minimum atomic E-state index is -0.643. The number of rotatable bonds is 6. The van der Waals surface area contributed by atoms with E-state index in [0.29, 0.717) is 12.6 Å². The molecule has 0 atom stereocenters. The Bertz CT molecular complexity index is 456. The van der Waals surface area contributed by atoms with E-state index in [1.807, 2.05) is 6.07 Å². The molecule has 0 bridgehead atoms. The van der Waals surface area contributed by atoms with Crippen LogP contribution in [0.2, 0.25) is 0 Å². The molecule has 0 heterocycles. The molecule has 3 nitrogen and oxygen atoms in total. The second kappa shape index (κ2) is 7.61. The molecule has 0 spiro atoms. The van der Waals surface area contributed by atoms with E-state index in [9.17, 15) is 5.11 Å². The zero-order valence-electron chi connectivity index (χ0n) is 13.0. The Balaban J connectivity index is 1.91. The molecule has 1 fully saturated rings. The van der Waals surface area contributed by atoms with E-state index in [2.05, 4.69) is 47.2 Å². The summed E-state index contributed by atoms with van der Waals surface area (Å²) in [6.07, 6.45) is 5.12. The smallest absolute Gasteiger partial charge is 0.133 e. The number of hydrogen-bond donors (Lipinski definition) is 2. The molecule has 0 saturated heterocycles. The van der Waals surface area contributed by atoms with Crippen molar-refractivity contribution in [2.24, 2.45) is 0 Å². The monoisotopic (exact) mass is 355 g/mol. The van der Waals surface area contributed by atoms with E-state index in [1.165, 1.54) is 12.0 Å². The molecule has 1 aromatic carbocycles. The van der Waals surface area contributed by atoms with Crippen molar-refractivity contribution in [1.29, 1.82) is 0 Å². The van der Waals surface area contributed by atoms with Crippen molar-refractivity contribution >= 4 is 15.9 Å². The van der Waals surface area contributed by atoms with Crippen LogP contribution in [0.4, 0.5) is 0 Å². The van der Waals surface area contributed by atoms with Crippen LogP contribution in [0, 0.1) is 0 Å². The molecule has 0 unspecified atom stereocenters. The van der Waals surface area contributed by atoms with Gasteiger partial charge in [-0.05, 0) is 46.5 Å². The number of aliphatic hydroxyl groups is 1. The van der Waals surface area contributed by atoms with Crippen LogP contribution in [-0.4, -0.2) is 23.4 Å². The number of hydrogen-bond acceptors (Lipinski definition) is 3. The normalized spacial score (nSPS) is 18.0. The molecular weight excluding hydrogens is 330 g/mol. The van der Waals surface area contributed by atoms with Gasteiger partial charge >= 0.3 is 0 Å². The Morgan fingerprint density at radius 2 is 2.00 bits per heavy atom. The standard InChI is InChI=1S/C17H26BrNO2/c1-13(2)19-11-14-6-7-16(15(18)10-14)21-12-17(20)8-4-3-5-9-17/h6-7,10,13,19-20H,3-5,8-9,11-12H2,1-2H3. The van der Waals surface area contributed by atoms with Crippen LogP contribution < -0.4 is 10.1 Å². The van der Waals surface area contributed by atoms with E-state index >= 15 is 0 Å². The largest absolute Gasteiger partial charge is 0.489 e. The van der Waals surface area contributed by atoms with Crippen LogP contribution in [-0.2, 0) is 6.54 Å². The molecule has 1 aliphatic carbocycles. The highest BCUT2D eigenvalue weighted by atomic mass is 79.9. The van der Waals surface area contributed by atoms with E-state index in [0.717, 1.165) is 42.5 Å². The summed E-state index contributed by atoms with van der Waals surface area (Å²) in [7, 11) is 0. The first-order valence-corrected chi connectivity index (χ1v) is 8.65. The second-order valence-electron chi connectivity index (χ2n) is 6.37. The first-order chi connectivity index (χ1) is 9.98. The third kappa shape index (κ3) is 5.28. The maximum Gasteiger partial charge on any atom is 0.133 e. The zero-order chi connectivity index (χ0) is 15.3. The van der Waals surface area contributed by atoms with Crippen LogP contribution >= 0.6 is 15.9 Å². The molecule has 4 heteroatoms. The van der Waals surface area contributed by atoms with Gasteiger partial charge in [-0.2, -0.15) is 0 Å². The molecule has 21 heavy (non-hydrogen) atoms. The summed E-state index contributed by atoms with van der Waals surface area (Å²) < 4.78 is 6.79. The first kappa shape index (κ1) is 16.8. The molecule has 1 aliphatic rings. The lowest BCUT2D eigenvalue weighted by Crippen LogP contribution is -2.37. The van der Waals surface area contributed by atoms with Crippen molar-refractivity contribution in [3.8, 4) is 5.75 Å². The first-order valence-electron chi connectivity index (χ1n) is 7.85. The Kier molecular flexibility index (Phi) is 6.08. The summed E-state index contributed by atoms with van der Waals surface area (Å²) >= 11 is 3.56. The van der Waals surface area contributed by atoms with Crippen molar-refractivity contribution < 1.29 is 9.84 Å². The Morgan fingerprint density at radius 3 is 2.62 bits per heavy atom. The Hall–Kier alpha value is -0.580. The molecule has 2 N–H and O–H groups in total. The summed E-state index contributed by atoms with van der Waals surface area (Å²) in [6.45, 7) is 5.50. The van der Waals surface area contributed by atoms with Crippen molar-refractivity contribution in [1.82, 2.24) is 5.32 Å². The van der Waals surface area contributed by atoms with Gasteiger partial charge in [0.1, 0.15) is 12.4 Å². The highest BCUT2D eigenvalue weighted by Crippen LogP contribution is 2.31. The van der Waals surface area contributed by atoms with Crippen molar-refractivity contribution in [3.05, 3.63) is 28.2 Å². The van der Waals surface area contributed by atoms with Crippen molar-refractivity contribution in [3.63, 3.8) is 0 Å². The van der Waals surface area contributed by atoms with Crippen molar-refractivity contribution in [2.45, 2.75) is 64.1 Å². The topological polar surface area (TPSA) is 41.5 Å². The second-order valence-corrected chi connectivity index (χ2v) is 7.23. The van der Waals surface area contributed by atoms with Gasteiger partial charge in [0.25, 0.3) is 0 Å². The van der Waals surface area contributed by atoms with Gasteiger partial charge in [0.15, 0.2) is 0 Å². The molecule has 0 aromatic heterocycles. The van der Waals surface area contributed by atoms with Gasteiger partial charge in [-0.25, -0.2) is 0 Å². The minimum absolute atomic E-state index is 0.384. The van der Waals surface area contributed by atoms with Crippen LogP contribution in [0.25, 0.3) is 0 Å². The zero-order valence-corrected chi connectivity index (χ0v) is 14.6. The lowest BCUT2D eigenvalue weighted by atomic mass is 9.85. The molecule has 0 radical (unpaired) electrons. The van der Waals surface area contributed by atoms with E-state index in [4.69, 9.17) is 4.74 Å². The summed E-state index contributed by atoms with van der Waals surface area (Å²) in [5.41, 5.74) is 0.578. The highest BCUT2D eigenvalue weighted by molar-refractivity contribution is 9.10. The number of benzene rings is 1. The quantitative estimate of drug-likeness (QED) is 0.809. The summed E-state index contributed by atoms with van der Waals surface area (Å²) in [5.74, 6) is 0.808. The molecule has 2 rings (SSSR count). The molecule has 0 amide bonds. The predicted octanol–water partition coefficient (Wildman–Crippen LogP) is 4.02. The summed E-state index contributed by atoms with van der Waals surface area (Å²) in [4.78, 5) is 0. The summed E-state index contributed by atoms with van der Waals surface area (Å²) in [6, 6.07) is 6.60. The van der Waals surface area contributed by atoms with Crippen LogP contribution in [0.5, 0.6) is 5.75 Å². The minimum Gasteiger partial charge on any atom is -0.489 e. The maximum absolute atomic E-state index is 10.5. The third-order valence-electron chi connectivity index (χ3n) is 3.99. The fourth-order valence-corrected chi connectivity index (χ4v) is 3.20. The lowest BCUT2D eigenvalue weighted by Gasteiger charge is -2.31. The van der Waals surface area contributed by atoms with E-state index in [-0.39, 0.29) is 0 Å². The molecule has 1 saturated carbocycles.